The third-order valence-electron chi connectivity index (χ3n) is 4.05. The summed E-state index contributed by atoms with van der Waals surface area (Å²) < 4.78 is 0. The molecule has 3 aromatic rings. The molecule has 0 spiro atoms. The highest BCUT2D eigenvalue weighted by molar-refractivity contribution is 5.76. The first-order chi connectivity index (χ1) is 12.9. The van der Waals surface area contributed by atoms with Gasteiger partial charge in [0.1, 0.15) is 5.82 Å². The van der Waals surface area contributed by atoms with Gasteiger partial charge in [-0.25, -0.2) is 4.98 Å². The van der Waals surface area contributed by atoms with E-state index in [0.717, 1.165) is 5.56 Å². The van der Waals surface area contributed by atoms with Crippen LogP contribution in [0.3, 0.4) is 0 Å². The van der Waals surface area contributed by atoms with Crippen molar-refractivity contribution in [1.82, 2.24) is 9.97 Å². The highest BCUT2D eigenvalue weighted by Crippen LogP contribution is 2.22. The molecule has 0 unspecified atom stereocenters. The second-order valence-electron chi connectivity index (χ2n) is 5.97. The van der Waals surface area contributed by atoms with Crippen LogP contribution in [-0.2, 0) is 22.4 Å². The third kappa shape index (κ3) is 4.27. The Labute approximate surface area is 154 Å². The first kappa shape index (κ1) is 18.1. The molecular weight excluding hydrogens is 348 g/mol. The number of nitrogens with zero attached hydrogens (tertiary/aromatic N) is 1. The van der Waals surface area contributed by atoms with Crippen molar-refractivity contribution in [2.45, 2.75) is 12.8 Å². The average molecular weight is 364 g/mol. The molecule has 0 aliphatic carbocycles. The number of H-pyrrole nitrogens is 1. The van der Waals surface area contributed by atoms with Gasteiger partial charge in [-0.15, -0.1) is 0 Å². The first-order valence-electron chi connectivity index (χ1n) is 8.14. The maximum atomic E-state index is 12.5. The Morgan fingerprint density at radius 3 is 2.19 bits per heavy atom. The molecule has 0 saturated heterocycles. The number of carboxylic acids is 2. The quantitative estimate of drug-likeness (QED) is 0.617. The van der Waals surface area contributed by atoms with E-state index in [4.69, 9.17) is 10.2 Å². The summed E-state index contributed by atoms with van der Waals surface area (Å²) in [5, 5.41) is 18.1. The van der Waals surface area contributed by atoms with Crippen LogP contribution >= 0.6 is 0 Å². The minimum atomic E-state index is -1.08. The highest BCUT2D eigenvalue weighted by atomic mass is 16.4. The number of nitrogens with one attached hydrogen (secondary N) is 1. The summed E-state index contributed by atoms with van der Waals surface area (Å²) in [4.78, 5) is 41.6. The van der Waals surface area contributed by atoms with Gasteiger partial charge in [0.15, 0.2) is 0 Å². The zero-order valence-corrected chi connectivity index (χ0v) is 14.2. The molecule has 1 heterocycles. The molecule has 0 aliphatic heterocycles. The van der Waals surface area contributed by atoms with Crippen molar-refractivity contribution < 1.29 is 19.8 Å². The monoisotopic (exact) mass is 364 g/mol. The van der Waals surface area contributed by atoms with E-state index in [1.165, 1.54) is 18.3 Å². The van der Waals surface area contributed by atoms with Gasteiger partial charge in [-0.2, -0.15) is 0 Å². The highest BCUT2D eigenvalue weighted by Gasteiger charge is 2.14. The van der Waals surface area contributed by atoms with Gasteiger partial charge in [0.2, 0.25) is 0 Å². The van der Waals surface area contributed by atoms with Crippen LogP contribution in [0.4, 0.5) is 0 Å². The Bertz CT molecular complexity index is 1060. The number of benzene rings is 2. The Kier molecular flexibility index (Phi) is 5.12. The fourth-order valence-corrected chi connectivity index (χ4v) is 2.80. The fraction of sp³-hybridized carbons (Fsp3) is 0.100. The van der Waals surface area contributed by atoms with Gasteiger partial charge in [0.25, 0.3) is 5.56 Å². The van der Waals surface area contributed by atoms with E-state index in [9.17, 15) is 14.4 Å². The van der Waals surface area contributed by atoms with Crippen LogP contribution in [0, 0.1) is 0 Å². The molecule has 3 rings (SSSR count). The molecule has 0 fully saturated rings. The van der Waals surface area contributed by atoms with Gasteiger partial charge in [-0.3, -0.25) is 14.4 Å². The summed E-state index contributed by atoms with van der Waals surface area (Å²) in [6, 6.07) is 13.8. The molecule has 136 valence electrons. The predicted molar refractivity (Wildman–Crippen MR) is 98.4 cm³/mol. The van der Waals surface area contributed by atoms with E-state index < -0.39 is 11.9 Å². The fourth-order valence-electron chi connectivity index (χ4n) is 2.80. The minimum Gasteiger partial charge on any atom is -0.481 e. The minimum absolute atomic E-state index is 0.281. The van der Waals surface area contributed by atoms with Crippen molar-refractivity contribution in [1.29, 1.82) is 0 Å². The number of hydrogen-bond acceptors (Lipinski definition) is 4. The lowest BCUT2D eigenvalue weighted by Crippen LogP contribution is -2.12. The summed E-state index contributed by atoms with van der Waals surface area (Å²) in [7, 11) is 0. The number of aliphatic carboxylic acids is 2. The molecule has 0 aliphatic rings. The molecule has 7 nitrogen and oxygen atoms in total. The summed E-state index contributed by atoms with van der Waals surface area (Å²) in [6.45, 7) is 0. The van der Waals surface area contributed by atoms with E-state index >= 15 is 0 Å². The van der Waals surface area contributed by atoms with Crippen molar-refractivity contribution in [3.63, 3.8) is 0 Å². The van der Waals surface area contributed by atoms with Gasteiger partial charge in [0, 0.05) is 11.8 Å². The average Bonchev–Trinajstić information content (AvgIpc) is 2.63. The second kappa shape index (κ2) is 7.65. The van der Waals surface area contributed by atoms with Crippen LogP contribution in [-0.4, -0.2) is 32.1 Å². The lowest BCUT2D eigenvalue weighted by molar-refractivity contribution is -0.137. The molecule has 0 bridgehead atoms. The van der Waals surface area contributed by atoms with Gasteiger partial charge in [-0.05, 0) is 16.7 Å². The predicted octanol–water partition coefficient (Wildman–Crippen LogP) is 2.36. The van der Waals surface area contributed by atoms with E-state index in [1.54, 1.807) is 6.07 Å². The normalized spacial score (nSPS) is 10.5. The molecule has 0 saturated carbocycles. The maximum absolute atomic E-state index is 12.5. The van der Waals surface area contributed by atoms with Crippen LogP contribution in [0.25, 0.3) is 22.5 Å². The van der Waals surface area contributed by atoms with Crippen molar-refractivity contribution in [3.05, 3.63) is 76.2 Å². The summed E-state index contributed by atoms with van der Waals surface area (Å²) >= 11 is 0. The lowest BCUT2D eigenvalue weighted by Gasteiger charge is -2.09. The van der Waals surface area contributed by atoms with E-state index in [2.05, 4.69) is 9.97 Å². The van der Waals surface area contributed by atoms with Crippen molar-refractivity contribution in [2.75, 3.05) is 0 Å². The van der Waals surface area contributed by atoms with Crippen LogP contribution in [0.5, 0.6) is 0 Å². The van der Waals surface area contributed by atoms with Gasteiger partial charge < -0.3 is 15.2 Å². The molecular formula is C20H16N2O5. The number of carbonyl (C=O) groups is 2. The topological polar surface area (TPSA) is 120 Å². The molecule has 1 aromatic heterocycles. The molecule has 2 aromatic carbocycles. The van der Waals surface area contributed by atoms with Crippen molar-refractivity contribution in [3.8, 4) is 22.5 Å². The first-order valence-corrected chi connectivity index (χ1v) is 8.14. The van der Waals surface area contributed by atoms with Gasteiger partial charge >= 0.3 is 11.9 Å². The summed E-state index contributed by atoms with van der Waals surface area (Å²) in [5.41, 5.74) is 1.92. The molecule has 0 amide bonds. The molecule has 7 heteroatoms. The molecule has 0 atom stereocenters. The second-order valence-corrected chi connectivity index (χ2v) is 5.97. The van der Waals surface area contributed by atoms with Crippen LogP contribution in [0.15, 0.2) is 59.5 Å². The summed E-state index contributed by atoms with van der Waals surface area (Å²) in [6.07, 6.45) is 0.812. The molecule has 3 N–H and O–H groups in total. The van der Waals surface area contributed by atoms with Gasteiger partial charge in [0.05, 0.1) is 18.4 Å². The Morgan fingerprint density at radius 1 is 0.889 bits per heavy atom. The van der Waals surface area contributed by atoms with Crippen LogP contribution in [0.2, 0.25) is 0 Å². The van der Waals surface area contributed by atoms with Crippen molar-refractivity contribution in [2.24, 2.45) is 0 Å². The van der Waals surface area contributed by atoms with E-state index in [1.807, 2.05) is 30.3 Å². The molecule has 27 heavy (non-hydrogen) atoms. The largest absolute Gasteiger partial charge is 0.481 e. The SMILES string of the molecule is O=C(O)Cc1ccc(-c2cnc(-c3ccccc3)[nH]c2=O)cc1CC(=O)O. The standard InChI is InChI=1S/C20H16N2O5/c23-17(24)9-13-6-7-14(8-15(13)10-18(25)26)16-11-21-19(22-20(16)27)12-4-2-1-3-5-12/h1-8,11H,9-10H2,(H,23,24)(H,25,26)(H,21,22,27). The zero-order valence-electron chi connectivity index (χ0n) is 14.2. The Hall–Kier alpha value is -3.74. The number of rotatable bonds is 6. The zero-order chi connectivity index (χ0) is 19.4. The van der Waals surface area contributed by atoms with Crippen LogP contribution in [0.1, 0.15) is 11.1 Å². The summed E-state index contributed by atoms with van der Waals surface area (Å²) in [5.74, 6) is -1.70. The Balaban J connectivity index is 2.02. The Morgan fingerprint density at radius 2 is 1.56 bits per heavy atom. The van der Waals surface area contributed by atoms with Gasteiger partial charge in [-0.1, -0.05) is 48.5 Å². The van der Waals surface area contributed by atoms with Crippen LogP contribution < -0.4 is 5.56 Å². The number of hydrogen-bond donors (Lipinski definition) is 3. The number of aromatic nitrogens is 2. The van der Waals surface area contributed by atoms with Crippen molar-refractivity contribution >= 4 is 11.9 Å². The number of carboxylic acid groups (broad SMARTS) is 2. The smallest absolute Gasteiger partial charge is 0.307 e. The third-order valence-corrected chi connectivity index (χ3v) is 4.05. The molecule has 0 radical (unpaired) electrons. The lowest BCUT2D eigenvalue weighted by atomic mass is 9.96. The number of aromatic amines is 1. The van der Waals surface area contributed by atoms with E-state index in [0.29, 0.717) is 22.5 Å². The maximum Gasteiger partial charge on any atom is 0.307 e. The van der Waals surface area contributed by atoms with E-state index in [-0.39, 0.29) is 24.0 Å².